The molecular formula is C15H25N3O. The first-order chi connectivity index (χ1) is 9.22. The second kappa shape index (κ2) is 7.01. The molecule has 2 rings (SSSR count). The van der Waals surface area contributed by atoms with Crippen LogP contribution in [0.15, 0.2) is 24.3 Å². The lowest BCUT2D eigenvalue weighted by atomic mass is 10.1. The largest absolute Gasteiger partial charge is 0.383 e. The quantitative estimate of drug-likeness (QED) is 0.778. The van der Waals surface area contributed by atoms with Crippen molar-refractivity contribution in [3.63, 3.8) is 0 Å². The standard InChI is InChI=1S/C15H25N3O/c1-18(9-10-19-2)8-7-17-15-11-14(16)12-5-3-4-6-13(12)15/h3-6,14-15,17H,7-11,16H2,1-2H3. The van der Waals surface area contributed by atoms with Crippen LogP contribution >= 0.6 is 0 Å². The van der Waals surface area contributed by atoms with E-state index in [0.29, 0.717) is 6.04 Å². The van der Waals surface area contributed by atoms with Gasteiger partial charge in [-0.05, 0) is 24.6 Å². The molecule has 2 atom stereocenters. The number of hydrogen-bond acceptors (Lipinski definition) is 4. The van der Waals surface area contributed by atoms with Crippen molar-refractivity contribution in [2.24, 2.45) is 5.73 Å². The van der Waals surface area contributed by atoms with Crippen LogP contribution in [-0.2, 0) is 4.74 Å². The van der Waals surface area contributed by atoms with Gasteiger partial charge in [0.05, 0.1) is 6.61 Å². The summed E-state index contributed by atoms with van der Waals surface area (Å²) in [5, 5.41) is 3.61. The molecule has 4 heteroatoms. The van der Waals surface area contributed by atoms with Crippen LogP contribution in [0, 0.1) is 0 Å². The van der Waals surface area contributed by atoms with Crippen LogP contribution < -0.4 is 11.1 Å². The van der Waals surface area contributed by atoms with E-state index in [9.17, 15) is 0 Å². The van der Waals surface area contributed by atoms with Crippen molar-refractivity contribution in [2.45, 2.75) is 18.5 Å². The molecule has 0 amide bonds. The molecule has 2 unspecified atom stereocenters. The van der Waals surface area contributed by atoms with Crippen molar-refractivity contribution in [1.29, 1.82) is 0 Å². The zero-order valence-electron chi connectivity index (χ0n) is 11.9. The highest BCUT2D eigenvalue weighted by Gasteiger charge is 2.27. The highest BCUT2D eigenvalue weighted by Crippen LogP contribution is 2.36. The first-order valence-electron chi connectivity index (χ1n) is 6.97. The lowest BCUT2D eigenvalue weighted by Gasteiger charge is -2.19. The van der Waals surface area contributed by atoms with Gasteiger partial charge < -0.3 is 20.7 Å². The number of methoxy groups -OCH3 is 1. The van der Waals surface area contributed by atoms with Crippen LogP contribution in [0.1, 0.15) is 29.6 Å². The predicted molar refractivity (Wildman–Crippen MR) is 78.1 cm³/mol. The maximum atomic E-state index is 6.17. The third-order valence-corrected chi connectivity index (χ3v) is 3.82. The van der Waals surface area contributed by atoms with Gasteiger partial charge in [0.2, 0.25) is 0 Å². The number of nitrogens with zero attached hydrogens (tertiary/aromatic N) is 1. The Balaban J connectivity index is 1.79. The van der Waals surface area contributed by atoms with Gasteiger partial charge in [0.1, 0.15) is 0 Å². The number of likely N-dealkylation sites (N-methyl/N-ethyl adjacent to an activating group) is 1. The van der Waals surface area contributed by atoms with Gasteiger partial charge in [-0.2, -0.15) is 0 Å². The number of benzene rings is 1. The summed E-state index contributed by atoms with van der Waals surface area (Å²) in [5.41, 5.74) is 8.84. The van der Waals surface area contributed by atoms with Crippen molar-refractivity contribution >= 4 is 0 Å². The summed E-state index contributed by atoms with van der Waals surface area (Å²) >= 11 is 0. The molecule has 0 saturated carbocycles. The fourth-order valence-electron chi connectivity index (χ4n) is 2.66. The monoisotopic (exact) mass is 263 g/mol. The number of ether oxygens (including phenoxy) is 1. The molecule has 1 aromatic carbocycles. The third kappa shape index (κ3) is 3.76. The minimum absolute atomic E-state index is 0.180. The molecule has 1 aliphatic carbocycles. The lowest BCUT2D eigenvalue weighted by molar-refractivity contribution is 0.161. The summed E-state index contributed by atoms with van der Waals surface area (Å²) in [7, 11) is 3.86. The molecule has 0 spiro atoms. The highest BCUT2D eigenvalue weighted by atomic mass is 16.5. The van der Waals surface area contributed by atoms with Gasteiger partial charge in [-0.15, -0.1) is 0 Å². The van der Waals surface area contributed by atoms with E-state index in [4.69, 9.17) is 10.5 Å². The van der Waals surface area contributed by atoms with Gasteiger partial charge in [0.25, 0.3) is 0 Å². The molecule has 0 aliphatic heterocycles. The molecule has 0 aromatic heterocycles. The van der Waals surface area contributed by atoms with Gasteiger partial charge in [-0.25, -0.2) is 0 Å². The number of nitrogens with two attached hydrogens (primary N) is 1. The molecule has 1 aliphatic rings. The minimum Gasteiger partial charge on any atom is -0.383 e. The Morgan fingerprint density at radius 3 is 2.79 bits per heavy atom. The third-order valence-electron chi connectivity index (χ3n) is 3.82. The smallest absolute Gasteiger partial charge is 0.0589 e. The second-order valence-corrected chi connectivity index (χ2v) is 5.27. The van der Waals surface area contributed by atoms with Gasteiger partial charge in [-0.1, -0.05) is 24.3 Å². The van der Waals surface area contributed by atoms with E-state index in [-0.39, 0.29) is 6.04 Å². The van der Waals surface area contributed by atoms with Gasteiger partial charge in [-0.3, -0.25) is 0 Å². The molecule has 0 fully saturated rings. The predicted octanol–water partition coefficient (Wildman–Crippen LogP) is 1.30. The number of rotatable bonds is 7. The van der Waals surface area contributed by atoms with E-state index >= 15 is 0 Å². The van der Waals surface area contributed by atoms with E-state index in [1.54, 1.807) is 7.11 Å². The first-order valence-corrected chi connectivity index (χ1v) is 6.97. The average Bonchev–Trinajstić information content (AvgIpc) is 2.74. The van der Waals surface area contributed by atoms with Crippen LogP contribution in [0.5, 0.6) is 0 Å². The van der Waals surface area contributed by atoms with E-state index in [1.807, 2.05) is 0 Å². The molecule has 0 bridgehead atoms. The molecule has 106 valence electrons. The Labute approximate surface area is 115 Å². The van der Waals surface area contributed by atoms with Crippen LogP contribution in [0.4, 0.5) is 0 Å². The lowest BCUT2D eigenvalue weighted by Crippen LogP contribution is -2.32. The highest BCUT2D eigenvalue weighted by molar-refractivity contribution is 5.37. The SMILES string of the molecule is COCCN(C)CCNC1CC(N)c2ccccc21. The Morgan fingerprint density at radius 1 is 1.32 bits per heavy atom. The molecule has 19 heavy (non-hydrogen) atoms. The maximum Gasteiger partial charge on any atom is 0.0589 e. The molecule has 0 radical (unpaired) electrons. The summed E-state index contributed by atoms with van der Waals surface area (Å²) in [6.07, 6.45) is 1.00. The Morgan fingerprint density at radius 2 is 2.05 bits per heavy atom. The van der Waals surface area contributed by atoms with Crippen molar-refractivity contribution in [3.05, 3.63) is 35.4 Å². The van der Waals surface area contributed by atoms with Crippen molar-refractivity contribution in [1.82, 2.24) is 10.2 Å². The van der Waals surface area contributed by atoms with Crippen molar-refractivity contribution in [2.75, 3.05) is 40.4 Å². The van der Waals surface area contributed by atoms with Crippen LogP contribution in [-0.4, -0.2) is 45.3 Å². The van der Waals surface area contributed by atoms with E-state index in [1.165, 1.54) is 11.1 Å². The molecule has 1 aromatic rings. The molecule has 0 saturated heterocycles. The molecular weight excluding hydrogens is 238 g/mol. The Kier molecular flexibility index (Phi) is 5.34. The van der Waals surface area contributed by atoms with Gasteiger partial charge in [0, 0.05) is 38.8 Å². The number of fused-ring (bicyclic) bond motifs is 1. The Bertz CT molecular complexity index is 397. The topological polar surface area (TPSA) is 50.5 Å². The van der Waals surface area contributed by atoms with Gasteiger partial charge in [0.15, 0.2) is 0 Å². The summed E-state index contributed by atoms with van der Waals surface area (Å²) in [4.78, 5) is 2.28. The number of nitrogens with one attached hydrogen (secondary N) is 1. The first kappa shape index (κ1) is 14.5. The summed E-state index contributed by atoms with van der Waals surface area (Å²) in [6.45, 7) is 3.76. The summed E-state index contributed by atoms with van der Waals surface area (Å²) < 4.78 is 5.07. The minimum atomic E-state index is 0.180. The van der Waals surface area contributed by atoms with Crippen LogP contribution in [0.25, 0.3) is 0 Å². The zero-order chi connectivity index (χ0) is 13.7. The van der Waals surface area contributed by atoms with Crippen molar-refractivity contribution in [3.8, 4) is 0 Å². The zero-order valence-corrected chi connectivity index (χ0v) is 11.9. The Hall–Kier alpha value is -0.940. The van der Waals surface area contributed by atoms with Crippen LogP contribution in [0.2, 0.25) is 0 Å². The maximum absolute atomic E-state index is 6.17. The number of hydrogen-bond donors (Lipinski definition) is 2. The van der Waals surface area contributed by atoms with E-state index in [2.05, 4.69) is 41.5 Å². The average molecular weight is 263 g/mol. The fraction of sp³-hybridized carbons (Fsp3) is 0.600. The molecule has 4 nitrogen and oxygen atoms in total. The second-order valence-electron chi connectivity index (χ2n) is 5.27. The van der Waals surface area contributed by atoms with Gasteiger partial charge >= 0.3 is 0 Å². The summed E-state index contributed by atoms with van der Waals surface area (Å²) in [5.74, 6) is 0. The van der Waals surface area contributed by atoms with Crippen molar-refractivity contribution < 1.29 is 4.74 Å². The van der Waals surface area contributed by atoms with Crippen LogP contribution in [0.3, 0.4) is 0 Å². The molecule has 0 heterocycles. The molecule has 3 N–H and O–H groups in total. The van der Waals surface area contributed by atoms with E-state index < -0.39 is 0 Å². The van der Waals surface area contributed by atoms with E-state index in [0.717, 1.165) is 32.7 Å². The summed E-state index contributed by atoms with van der Waals surface area (Å²) in [6, 6.07) is 9.08. The normalized spacial score (nSPS) is 21.9. The fourth-order valence-corrected chi connectivity index (χ4v) is 2.66.